The lowest BCUT2D eigenvalue weighted by molar-refractivity contribution is 0.0821. The average Bonchev–Trinajstić information content (AvgIpc) is 3.53. The smallest absolute Gasteiger partial charge is 0.272 e. The number of hydrogen-bond donors (Lipinski definition) is 2. The molecule has 4 heterocycles. The van der Waals surface area contributed by atoms with E-state index >= 15 is 0 Å². The maximum Gasteiger partial charge on any atom is 0.272 e. The Morgan fingerprint density at radius 1 is 1.18 bits per heavy atom. The van der Waals surface area contributed by atoms with E-state index in [1.807, 2.05) is 35.0 Å². The minimum absolute atomic E-state index is 0.182. The molecule has 0 radical (unpaired) electrons. The third-order valence-corrected chi connectivity index (χ3v) is 6.75. The van der Waals surface area contributed by atoms with Crippen LogP contribution in [-0.4, -0.2) is 45.2 Å². The molecule has 4 aromatic heterocycles. The topological polar surface area (TPSA) is 106 Å². The number of nitrogens with one attached hydrogen (secondary N) is 1. The summed E-state index contributed by atoms with van der Waals surface area (Å²) in [6.07, 6.45) is 1.76. The molecule has 0 aliphatic heterocycles. The van der Waals surface area contributed by atoms with Gasteiger partial charge in [0, 0.05) is 37.8 Å². The van der Waals surface area contributed by atoms with Crippen LogP contribution in [0.3, 0.4) is 0 Å². The molecule has 0 saturated carbocycles. The van der Waals surface area contributed by atoms with Crippen molar-refractivity contribution in [1.82, 2.24) is 24.6 Å². The van der Waals surface area contributed by atoms with E-state index < -0.39 is 0 Å². The van der Waals surface area contributed by atoms with Gasteiger partial charge in [-0.1, -0.05) is 17.4 Å². The van der Waals surface area contributed by atoms with Crippen molar-refractivity contribution < 1.29 is 9.59 Å². The largest absolute Gasteiger partial charge is 0.375 e. The highest BCUT2D eigenvalue weighted by molar-refractivity contribution is 7.22. The number of pyridine rings is 1. The van der Waals surface area contributed by atoms with Crippen molar-refractivity contribution in [2.75, 3.05) is 19.8 Å². The number of imidazole rings is 1. The van der Waals surface area contributed by atoms with E-state index in [1.54, 1.807) is 36.8 Å². The monoisotopic (exact) mass is 476 g/mol. The molecule has 3 N–H and O–H groups in total. The van der Waals surface area contributed by atoms with Gasteiger partial charge in [0.2, 0.25) is 0 Å². The van der Waals surface area contributed by atoms with Gasteiger partial charge in [-0.05, 0) is 41.3 Å². The van der Waals surface area contributed by atoms with Crippen molar-refractivity contribution in [1.29, 1.82) is 0 Å². The number of fused-ring (bicyclic) bond motifs is 2. The molecular formula is C23H20N6O2S2. The van der Waals surface area contributed by atoms with Gasteiger partial charge in [-0.3, -0.25) is 14.0 Å². The summed E-state index contributed by atoms with van der Waals surface area (Å²) in [5.41, 5.74) is 10.2. The molecule has 8 nitrogen and oxygen atoms in total. The Labute approximate surface area is 197 Å². The highest BCUT2D eigenvalue weighted by Gasteiger charge is 2.25. The summed E-state index contributed by atoms with van der Waals surface area (Å²) in [4.78, 5) is 36.6. The van der Waals surface area contributed by atoms with Crippen molar-refractivity contribution in [3.63, 3.8) is 0 Å². The minimum Gasteiger partial charge on any atom is -0.375 e. The first-order chi connectivity index (χ1) is 15.9. The third kappa shape index (κ3) is 3.83. The zero-order valence-corrected chi connectivity index (χ0v) is 19.5. The summed E-state index contributed by atoms with van der Waals surface area (Å²) in [6, 6.07) is 11.2. The predicted octanol–water partition coefficient (Wildman–Crippen LogP) is 3.89. The molecule has 33 heavy (non-hydrogen) atoms. The fourth-order valence-corrected chi connectivity index (χ4v) is 5.07. The number of carbonyl (C=O) groups excluding carboxylic acids is 2. The van der Waals surface area contributed by atoms with Gasteiger partial charge in [-0.15, -0.1) is 0 Å². The molecule has 166 valence electrons. The Bertz CT molecular complexity index is 1500. The lowest BCUT2D eigenvalue weighted by atomic mass is 10.2. The molecule has 1 aromatic carbocycles. The zero-order valence-electron chi connectivity index (χ0n) is 17.9. The van der Waals surface area contributed by atoms with Crippen molar-refractivity contribution >= 4 is 55.5 Å². The van der Waals surface area contributed by atoms with Gasteiger partial charge in [0.05, 0.1) is 15.8 Å². The van der Waals surface area contributed by atoms with Crippen LogP contribution in [-0.2, 0) is 6.54 Å². The number of thiophene rings is 1. The van der Waals surface area contributed by atoms with Crippen molar-refractivity contribution in [2.24, 2.45) is 0 Å². The van der Waals surface area contributed by atoms with Crippen molar-refractivity contribution in [3.8, 4) is 11.3 Å². The van der Waals surface area contributed by atoms with Crippen molar-refractivity contribution in [3.05, 3.63) is 70.2 Å². The number of nitrogens with zero attached hydrogens (tertiary/aromatic N) is 4. The van der Waals surface area contributed by atoms with E-state index in [2.05, 4.69) is 10.3 Å². The van der Waals surface area contributed by atoms with Gasteiger partial charge in [-0.2, -0.15) is 11.3 Å². The van der Waals surface area contributed by atoms with Crippen LogP contribution in [0, 0.1) is 0 Å². The highest BCUT2D eigenvalue weighted by Crippen LogP contribution is 2.29. The summed E-state index contributed by atoms with van der Waals surface area (Å²) in [6.45, 7) is 0.342. The normalized spacial score (nSPS) is 11.2. The number of nitrogen functional groups attached to an aromatic ring is 1. The number of benzene rings is 1. The standard InChI is InChI=1S/C23H20N6O2S2/c1-28(2)22(31)19-18(14-7-9-32-12-14)27-20-15(4-3-8-29(19)20)21(30)25-11-13-5-6-16-17(10-13)33-23(24)26-16/h3-10,12H,11H2,1-2H3,(H2,24,26)(H,25,30). The van der Waals surface area contributed by atoms with Gasteiger partial charge in [-0.25, -0.2) is 9.97 Å². The highest BCUT2D eigenvalue weighted by atomic mass is 32.1. The predicted molar refractivity (Wildman–Crippen MR) is 132 cm³/mol. The van der Waals surface area contributed by atoms with Gasteiger partial charge in [0.25, 0.3) is 11.8 Å². The number of anilines is 1. The number of nitrogens with two attached hydrogens (primary N) is 1. The Balaban J connectivity index is 1.50. The van der Waals surface area contributed by atoms with Crippen molar-refractivity contribution in [2.45, 2.75) is 6.54 Å². The molecule has 0 aliphatic carbocycles. The van der Waals surface area contributed by atoms with Gasteiger partial charge < -0.3 is 16.0 Å². The van der Waals surface area contributed by atoms with Crippen LogP contribution < -0.4 is 11.1 Å². The van der Waals surface area contributed by atoms with E-state index in [-0.39, 0.29) is 11.8 Å². The zero-order chi connectivity index (χ0) is 23.1. The average molecular weight is 477 g/mol. The molecule has 0 unspecified atom stereocenters. The summed E-state index contributed by atoms with van der Waals surface area (Å²) in [5, 5.41) is 7.35. The van der Waals surface area contributed by atoms with E-state index in [0.29, 0.717) is 34.3 Å². The maximum absolute atomic E-state index is 13.1. The van der Waals surface area contributed by atoms with E-state index in [4.69, 9.17) is 10.7 Å². The Morgan fingerprint density at radius 3 is 2.79 bits per heavy atom. The van der Waals surface area contributed by atoms with Crippen LogP contribution in [0.15, 0.2) is 53.4 Å². The first-order valence-electron chi connectivity index (χ1n) is 10.1. The first kappa shape index (κ1) is 21.1. The molecule has 5 aromatic rings. The lowest BCUT2D eigenvalue weighted by Gasteiger charge is -2.11. The Kier molecular flexibility index (Phi) is 5.31. The van der Waals surface area contributed by atoms with Crippen LogP contribution in [0.25, 0.3) is 27.1 Å². The Hall–Kier alpha value is -3.76. The lowest BCUT2D eigenvalue weighted by Crippen LogP contribution is -2.25. The molecule has 10 heteroatoms. The molecule has 0 bridgehead atoms. The van der Waals surface area contributed by atoms with Gasteiger partial charge >= 0.3 is 0 Å². The molecule has 0 atom stereocenters. The second kappa shape index (κ2) is 8.30. The molecule has 0 saturated heterocycles. The third-order valence-electron chi connectivity index (χ3n) is 5.22. The number of amides is 2. The SMILES string of the molecule is CN(C)C(=O)c1c(-c2ccsc2)nc2c(C(=O)NCc3ccc4nc(N)sc4c3)cccn12. The van der Waals surface area contributed by atoms with Crippen LogP contribution >= 0.6 is 22.7 Å². The van der Waals surface area contributed by atoms with Crippen LogP contribution in [0.5, 0.6) is 0 Å². The summed E-state index contributed by atoms with van der Waals surface area (Å²) < 4.78 is 2.66. The second-order valence-electron chi connectivity index (χ2n) is 7.67. The summed E-state index contributed by atoms with van der Waals surface area (Å²) in [5.74, 6) is -0.450. The van der Waals surface area contributed by atoms with Crippen LogP contribution in [0.1, 0.15) is 26.4 Å². The molecule has 5 rings (SSSR count). The quantitative estimate of drug-likeness (QED) is 0.400. The first-order valence-corrected chi connectivity index (χ1v) is 11.9. The molecule has 0 fully saturated rings. The minimum atomic E-state index is -0.268. The number of aromatic nitrogens is 3. The number of thiazole rings is 1. The molecule has 0 spiro atoms. The second-order valence-corrected chi connectivity index (χ2v) is 9.52. The molecule has 2 amide bonds. The fraction of sp³-hybridized carbons (Fsp3) is 0.130. The number of rotatable bonds is 5. The Morgan fingerprint density at radius 2 is 2.03 bits per heavy atom. The number of hydrogen-bond acceptors (Lipinski definition) is 7. The van der Waals surface area contributed by atoms with Crippen LogP contribution in [0.4, 0.5) is 5.13 Å². The van der Waals surface area contributed by atoms with E-state index in [0.717, 1.165) is 21.3 Å². The molecular weight excluding hydrogens is 456 g/mol. The van der Waals surface area contributed by atoms with Gasteiger partial charge in [0.15, 0.2) is 10.8 Å². The van der Waals surface area contributed by atoms with Crippen LogP contribution in [0.2, 0.25) is 0 Å². The van der Waals surface area contributed by atoms with Gasteiger partial charge in [0.1, 0.15) is 11.4 Å². The van der Waals surface area contributed by atoms with E-state index in [9.17, 15) is 9.59 Å². The number of carbonyl (C=O) groups is 2. The van der Waals surface area contributed by atoms with E-state index in [1.165, 1.54) is 27.6 Å². The summed E-state index contributed by atoms with van der Waals surface area (Å²) in [7, 11) is 3.40. The summed E-state index contributed by atoms with van der Waals surface area (Å²) >= 11 is 2.94. The fourth-order valence-electron chi connectivity index (χ4n) is 3.64. The maximum atomic E-state index is 13.1. The molecule has 0 aliphatic rings.